The Kier molecular flexibility index (Phi) is 9.84. The van der Waals surface area contributed by atoms with Crippen LogP contribution in [0.4, 0.5) is 30.7 Å². The highest BCUT2D eigenvalue weighted by molar-refractivity contribution is 7.92. The number of carbonyl (C=O) groups is 1. The molecule has 0 N–H and O–H groups in total. The molecule has 1 aliphatic rings. The Labute approximate surface area is 257 Å². The number of aryl methyl sites for hydroxylation is 1. The number of amides is 1. The summed E-state index contributed by atoms with van der Waals surface area (Å²) in [5.41, 5.74) is -0.475. The van der Waals surface area contributed by atoms with Gasteiger partial charge in [-0.25, -0.2) is 12.8 Å². The first-order chi connectivity index (χ1) is 21.0. The van der Waals surface area contributed by atoms with Crippen LogP contribution in [0.3, 0.4) is 0 Å². The fraction of sp³-hybridized carbons (Fsp3) is 0.344. The van der Waals surface area contributed by atoms with E-state index in [0.717, 1.165) is 37.4 Å². The van der Waals surface area contributed by atoms with Gasteiger partial charge in [0.25, 0.3) is 0 Å². The lowest BCUT2D eigenvalue weighted by Crippen LogP contribution is -2.58. The number of hydrogen-bond acceptors (Lipinski definition) is 3. The van der Waals surface area contributed by atoms with Crippen molar-refractivity contribution >= 4 is 15.9 Å². The van der Waals surface area contributed by atoms with Gasteiger partial charge < -0.3 is 4.90 Å². The molecule has 3 aromatic carbocycles. The van der Waals surface area contributed by atoms with Crippen molar-refractivity contribution in [2.24, 2.45) is 5.92 Å². The number of piperidine rings is 1. The highest BCUT2D eigenvalue weighted by atomic mass is 32.2. The van der Waals surface area contributed by atoms with Crippen LogP contribution in [0.2, 0.25) is 0 Å². The van der Waals surface area contributed by atoms with Crippen LogP contribution in [0, 0.1) is 18.7 Å². The molecule has 1 aliphatic heterocycles. The molecular formula is C32H31F7N2O3S. The standard InChI is InChI=1S/C32H31F7N2O3S/c1-4-45(43,44)41-18-17-25(30(42)40(3)29(32(37,38)39)22-13-9-6-10-14-22)26(24-16-15-23(33)19-20(24)2)28(41)27(31(34,35)36)21-11-7-5-8-12-21/h4-16,19,25-29H,1,17-18H2,2-3H3. The lowest BCUT2D eigenvalue weighted by Gasteiger charge is -2.49. The third-order valence-corrected chi connectivity index (χ3v) is 9.75. The van der Waals surface area contributed by atoms with Crippen molar-refractivity contribution in [1.82, 2.24) is 9.21 Å². The van der Waals surface area contributed by atoms with Crippen molar-refractivity contribution in [2.45, 2.75) is 49.6 Å². The number of halogens is 7. The summed E-state index contributed by atoms with van der Waals surface area (Å²) in [6.45, 7) is 4.04. The molecule has 242 valence electrons. The molecule has 3 aromatic rings. The molecule has 0 bridgehead atoms. The monoisotopic (exact) mass is 656 g/mol. The molecule has 1 saturated heterocycles. The lowest BCUT2D eigenvalue weighted by molar-refractivity contribution is -0.192. The van der Waals surface area contributed by atoms with Gasteiger partial charge in [0, 0.05) is 36.9 Å². The summed E-state index contributed by atoms with van der Waals surface area (Å²) < 4.78 is 130. The summed E-state index contributed by atoms with van der Waals surface area (Å²) in [5.74, 6) is -7.58. The molecule has 13 heteroatoms. The van der Waals surface area contributed by atoms with Gasteiger partial charge in [0.05, 0.1) is 5.92 Å². The summed E-state index contributed by atoms with van der Waals surface area (Å²) in [6, 6.07) is 11.7. The van der Waals surface area contributed by atoms with E-state index in [1.165, 1.54) is 55.5 Å². The minimum absolute atomic E-state index is 0.00515. The normalized spacial score (nSPS) is 21.1. The SMILES string of the molecule is C=CS(=O)(=O)N1CCC(C(=O)N(C)C(c2ccccc2)C(F)(F)F)C(c2ccc(F)cc2C)C1C(c1ccccc1)C(F)(F)F. The predicted octanol–water partition coefficient (Wildman–Crippen LogP) is 7.49. The van der Waals surface area contributed by atoms with Crippen molar-refractivity contribution in [3.63, 3.8) is 0 Å². The molecule has 0 aliphatic carbocycles. The number of sulfonamides is 1. The fourth-order valence-corrected chi connectivity index (χ4v) is 7.51. The average Bonchev–Trinajstić information content (AvgIpc) is 2.96. The molecule has 1 heterocycles. The van der Waals surface area contributed by atoms with Crippen LogP contribution < -0.4 is 0 Å². The largest absolute Gasteiger partial charge is 0.413 e. The molecule has 0 saturated carbocycles. The maximum atomic E-state index is 15.2. The van der Waals surface area contributed by atoms with Gasteiger partial charge in [-0.2, -0.15) is 30.6 Å². The molecule has 5 nitrogen and oxygen atoms in total. The average molecular weight is 657 g/mol. The van der Waals surface area contributed by atoms with E-state index in [9.17, 15) is 30.8 Å². The minimum Gasteiger partial charge on any atom is -0.330 e. The van der Waals surface area contributed by atoms with E-state index in [2.05, 4.69) is 6.58 Å². The zero-order valence-corrected chi connectivity index (χ0v) is 25.1. The van der Waals surface area contributed by atoms with Crippen LogP contribution in [0.25, 0.3) is 0 Å². The first-order valence-corrected chi connectivity index (χ1v) is 15.4. The zero-order chi connectivity index (χ0) is 33.3. The van der Waals surface area contributed by atoms with E-state index in [1.807, 2.05) is 0 Å². The smallest absolute Gasteiger partial charge is 0.330 e. The van der Waals surface area contributed by atoms with Gasteiger partial charge in [-0.15, -0.1) is 0 Å². The van der Waals surface area contributed by atoms with Crippen LogP contribution in [-0.2, 0) is 14.8 Å². The summed E-state index contributed by atoms with van der Waals surface area (Å²) in [4.78, 5) is 14.6. The second-order valence-electron chi connectivity index (χ2n) is 11.0. The highest BCUT2D eigenvalue weighted by Crippen LogP contribution is 2.52. The molecule has 4 rings (SSSR count). The van der Waals surface area contributed by atoms with Gasteiger partial charge in [-0.05, 0) is 47.7 Å². The molecule has 0 aromatic heterocycles. The van der Waals surface area contributed by atoms with E-state index in [4.69, 9.17) is 0 Å². The second-order valence-corrected chi connectivity index (χ2v) is 12.8. The van der Waals surface area contributed by atoms with Gasteiger partial charge in [-0.3, -0.25) is 4.79 Å². The molecule has 1 fully saturated rings. The first-order valence-electron chi connectivity index (χ1n) is 13.9. The molecule has 45 heavy (non-hydrogen) atoms. The van der Waals surface area contributed by atoms with Gasteiger partial charge >= 0.3 is 12.4 Å². The summed E-state index contributed by atoms with van der Waals surface area (Å²) >= 11 is 0. The number of nitrogens with zero attached hydrogens (tertiary/aromatic N) is 2. The Balaban J connectivity index is 1.99. The van der Waals surface area contributed by atoms with Gasteiger partial charge in [0.2, 0.25) is 15.9 Å². The van der Waals surface area contributed by atoms with Crippen molar-refractivity contribution in [2.75, 3.05) is 13.6 Å². The summed E-state index contributed by atoms with van der Waals surface area (Å²) in [5, 5.41) is 0.496. The highest BCUT2D eigenvalue weighted by Gasteiger charge is 2.58. The van der Waals surface area contributed by atoms with Crippen LogP contribution >= 0.6 is 0 Å². The Hall–Kier alpha value is -3.71. The Morgan fingerprint density at radius 2 is 1.49 bits per heavy atom. The quantitative estimate of drug-likeness (QED) is 0.236. The third kappa shape index (κ3) is 7.09. The number of carbonyl (C=O) groups excluding carboxylic acids is 1. The number of hydrogen-bond donors (Lipinski definition) is 0. The first kappa shape index (κ1) is 34.2. The zero-order valence-electron chi connectivity index (χ0n) is 24.3. The molecule has 0 radical (unpaired) electrons. The molecule has 1 amide bonds. The Morgan fingerprint density at radius 3 is 1.98 bits per heavy atom. The predicted molar refractivity (Wildman–Crippen MR) is 155 cm³/mol. The summed E-state index contributed by atoms with van der Waals surface area (Å²) in [7, 11) is -3.66. The van der Waals surface area contributed by atoms with E-state index in [1.54, 1.807) is 0 Å². The summed E-state index contributed by atoms with van der Waals surface area (Å²) in [6.07, 6.45) is -10.5. The van der Waals surface area contributed by atoms with Crippen molar-refractivity contribution < 1.29 is 43.9 Å². The maximum Gasteiger partial charge on any atom is 0.413 e. The van der Waals surface area contributed by atoms with Crippen molar-refractivity contribution in [3.8, 4) is 0 Å². The topological polar surface area (TPSA) is 57.7 Å². The van der Waals surface area contributed by atoms with E-state index >= 15 is 13.2 Å². The lowest BCUT2D eigenvalue weighted by atomic mass is 9.69. The molecular weight excluding hydrogens is 625 g/mol. The minimum atomic E-state index is -5.08. The van der Waals surface area contributed by atoms with E-state index in [0.29, 0.717) is 14.6 Å². The Morgan fingerprint density at radius 1 is 0.933 bits per heavy atom. The number of rotatable bonds is 8. The van der Waals surface area contributed by atoms with Crippen LogP contribution in [0.5, 0.6) is 0 Å². The van der Waals surface area contributed by atoms with Crippen LogP contribution in [0.1, 0.15) is 46.6 Å². The third-order valence-electron chi connectivity index (χ3n) is 8.25. The van der Waals surface area contributed by atoms with Gasteiger partial charge in [-0.1, -0.05) is 73.3 Å². The molecule has 5 unspecified atom stereocenters. The maximum absolute atomic E-state index is 15.2. The van der Waals surface area contributed by atoms with Crippen molar-refractivity contribution in [1.29, 1.82) is 0 Å². The number of alkyl halides is 6. The van der Waals surface area contributed by atoms with Crippen molar-refractivity contribution in [3.05, 3.63) is 119 Å². The van der Waals surface area contributed by atoms with Crippen LogP contribution in [-0.4, -0.2) is 55.5 Å². The van der Waals surface area contributed by atoms with Gasteiger partial charge in [0.1, 0.15) is 5.82 Å². The second kappa shape index (κ2) is 13.0. The van der Waals surface area contributed by atoms with E-state index in [-0.39, 0.29) is 22.3 Å². The Bertz CT molecular complexity index is 1610. The van der Waals surface area contributed by atoms with Crippen LogP contribution in [0.15, 0.2) is 90.8 Å². The molecule has 0 spiro atoms. The number of benzene rings is 3. The fourth-order valence-electron chi connectivity index (χ4n) is 6.37. The van der Waals surface area contributed by atoms with Gasteiger partial charge in [0.15, 0.2) is 6.04 Å². The molecule has 5 atom stereocenters. The van der Waals surface area contributed by atoms with E-state index < -0.39 is 76.9 Å².